The first-order valence-electron chi connectivity index (χ1n) is 7.30. The third kappa shape index (κ3) is 3.74. The molecule has 8 heteroatoms. The molecular formula is C18H10BrClN2O4. The third-order valence-corrected chi connectivity index (χ3v) is 4.28. The smallest absolute Gasteiger partial charge is 0.318 e. The van der Waals surface area contributed by atoms with Crippen molar-refractivity contribution in [3.05, 3.63) is 69.2 Å². The normalized spacial score (nSPS) is 14.9. The number of nitrogens with zero attached hydrogens (tertiary/aromatic N) is 1. The van der Waals surface area contributed by atoms with Gasteiger partial charge in [-0.2, -0.15) is 4.99 Å². The molecule has 0 aromatic heterocycles. The monoisotopic (exact) mass is 432 g/mol. The molecule has 0 radical (unpaired) electrons. The van der Waals surface area contributed by atoms with Crippen LogP contribution in [0.3, 0.4) is 0 Å². The van der Waals surface area contributed by atoms with Crippen molar-refractivity contribution >= 4 is 62.3 Å². The van der Waals surface area contributed by atoms with Crippen molar-refractivity contribution < 1.29 is 19.5 Å². The van der Waals surface area contributed by atoms with Crippen molar-refractivity contribution in [2.45, 2.75) is 0 Å². The molecule has 130 valence electrons. The minimum atomic E-state index is -1.16. The Bertz CT molecular complexity index is 997. The molecule has 1 aliphatic heterocycles. The van der Waals surface area contributed by atoms with Crippen LogP contribution < -0.4 is 5.32 Å². The Morgan fingerprint density at radius 2 is 1.85 bits per heavy atom. The van der Waals surface area contributed by atoms with Crippen molar-refractivity contribution in [2.75, 3.05) is 5.32 Å². The number of nitrogens with one attached hydrogen (secondary N) is 1. The number of halogens is 2. The van der Waals surface area contributed by atoms with Gasteiger partial charge in [-0.15, -0.1) is 0 Å². The van der Waals surface area contributed by atoms with E-state index in [9.17, 15) is 19.5 Å². The minimum Gasteiger partial charge on any atom is -0.507 e. The van der Waals surface area contributed by atoms with Crippen molar-refractivity contribution in [3.8, 4) is 0 Å². The maximum atomic E-state index is 12.1. The summed E-state index contributed by atoms with van der Waals surface area (Å²) in [5, 5.41) is 13.0. The molecule has 1 aliphatic rings. The van der Waals surface area contributed by atoms with Crippen LogP contribution in [0.15, 0.2) is 58.0 Å². The number of amides is 2. The van der Waals surface area contributed by atoms with Gasteiger partial charge < -0.3 is 10.4 Å². The highest BCUT2D eigenvalue weighted by atomic mass is 79.9. The molecule has 0 aliphatic carbocycles. The molecule has 2 aromatic carbocycles. The Morgan fingerprint density at radius 3 is 2.54 bits per heavy atom. The Balaban J connectivity index is 1.86. The molecule has 0 spiro atoms. The fourth-order valence-electron chi connectivity index (χ4n) is 2.28. The molecule has 2 N–H and O–H groups in total. The van der Waals surface area contributed by atoms with Crippen molar-refractivity contribution in [1.82, 2.24) is 0 Å². The van der Waals surface area contributed by atoms with Gasteiger partial charge in [0.1, 0.15) is 11.5 Å². The van der Waals surface area contributed by atoms with Gasteiger partial charge in [0.2, 0.25) is 5.78 Å². The SMILES string of the molecule is O=C(C=C(O)c1ccc(Cl)cc1)C(=O)N=C1C(=O)Nc2ccc(Br)cc21. The lowest BCUT2D eigenvalue weighted by Crippen LogP contribution is -2.19. The number of aliphatic imine (C=N–C) groups is 1. The van der Waals surface area contributed by atoms with E-state index >= 15 is 0 Å². The zero-order chi connectivity index (χ0) is 18.8. The average molecular weight is 434 g/mol. The van der Waals surface area contributed by atoms with E-state index in [0.29, 0.717) is 26.3 Å². The number of aliphatic hydroxyl groups excluding tert-OH is 1. The van der Waals surface area contributed by atoms with Crippen LogP contribution in [0.1, 0.15) is 11.1 Å². The molecule has 1 heterocycles. The second-order valence-electron chi connectivity index (χ2n) is 5.31. The number of benzene rings is 2. The van der Waals surface area contributed by atoms with Gasteiger partial charge in [0.05, 0.1) is 5.69 Å². The van der Waals surface area contributed by atoms with E-state index in [0.717, 1.165) is 6.08 Å². The first-order valence-corrected chi connectivity index (χ1v) is 8.47. The number of aliphatic hydroxyl groups is 1. The number of carbonyl (C=O) groups is 3. The minimum absolute atomic E-state index is 0.154. The van der Waals surface area contributed by atoms with E-state index in [1.54, 1.807) is 18.2 Å². The molecule has 0 atom stereocenters. The van der Waals surface area contributed by atoms with Crippen LogP contribution in [0.4, 0.5) is 5.69 Å². The third-order valence-electron chi connectivity index (χ3n) is 3.53. The summed E-state index contributed by atoms with van der Waals surface area (Å²) in [6.45, 7) is 0. The molecule has 0 saturated carbocycles. The van der Waals surface area contributed by atoms with Gasteiger partial charge in [-0.05, 0) is 42.5 Å². The van der Waals surface area contributed by atoms with Gasteiger partial charge in [0, 0.05) is 26.7 Å². The number of carbonyl (C=O) groups excluding carboxylic acids is 3. The number of ketones is 1. The van der Waals surface area contributed by atoms with Gasteiger partial charge in [0.15, 0.2) is 0 Å². The lowest BCUT2D eigenvalue weighted by atomic mass is 10.1. The number of hydrogen-bond donors (Lipinski definition) is 2. The van der Waals surface area contributed by atoms with Crippen molar-refractivity contribution in [2.24, 2.45) is 4.99 Å². The lowest BCUT2D eigenvalue weighted by molar-refractivity contribution is -0.133. The first-order chi connectivity index (χ1) is 12.3. The van der Waals surface area contributed by atoms with Crippen LogP contribution in [-0.2, 0) is 14.4 Å². The highest BCUT2D eigenvalue weighted by molar-refractivity contribution is 9.10. The summed E-state index contributed by atoms with van der Waals surface area (Å²) in [4.78, 5) is 39.7. The van der Waals surface area contributed by atoms with E-state index in [1.807, 2.05) is 0 Å². The fourth-order valence-corrected chi connectivity index (χ4v) is 2.77. The standard InChI is InChI=1S/C18H10BrClN2O4/c19-10-3-6-13-12(7-10)16(18(26)21-13)22-17(25)15(24)8-14(23)9-1-4-11(20)5-2-9/h1-8,23H,(H,21,22,25,26). The zero-order valence-electron chi connectivity index (χ0n) is 13.0. The van der Waals surface area contributed by atoms with E-state index < -0.39 is 23.4 Å². The topological polar surface area (TPSA) is 95.8 Å². The van der Waals surface area contributed by atoms with Crippen LogP contribution in [0.25, 0.3) is 5.76 Å². The van der Waals surface area contributed by atoms with Crippen molar-refractivity contribution in [3.63, 3.8) is 0 Å². The molecule has 0 bridgehead atoms. The molecule has 3 rings (SSSR count). The Kier molecular flexibility index (Phi) is 5.01. The molecule has 26 heavy (non-hydrogen) atoms. The Labute approximate surface area is 161 Å². The largest absolute Gasteiger partial charge is 0.507 e. The summed E-state index contributed by atoms with van der Waals surface area (Å²) in [5.41, 5.74) is 1.07. The zero-order valence-corrected chi connectivity index (χ0v) is 15.3. The van der Waals surface area contributed by atoms with Gasteiger partial charge in [-0.3, -0.25) is 14.4 Å². The van der Waals surface area contributed by atoms with Gasteiger partial charge in [-0.1, -0.05) is 27.5 Å². The average Bonchev–Trinajstić information content (AvgIpc) is 2.90. The van der Waals surface area contributed by atoms with E-state index in [2.05, 4.69) is 26.2 Å². The summed E-state index contributed by atoms with van der Waals surface area (Å²) < 4.78 is 0.694. The predicted molar refractivity (Wildman–Crippen MR) is 101 cm³/mol. The Morgan fingerprint density at radius 1 is 1.15 bits per heavy atom. The quantitative estimate of drug-likeness (QED) is 0.440. The number of hydrogen-bond acceptors (Lipinski definition) is 4. The number of anilines is 1. The maximum Gasteiger partial charge on any atom is 0.318 e. The van der Waals surface area contributed by atoms with Gasteiger partial charge in [-0.25, -0.2) is 0 Å². The summed E-state index contributed by atoms with van der Waals surface area (Å²) in [5.74, 6) is -3.20. The van der Waals surface area contributed by atoms with Crippen LogP contribution in [0.5, 0.6) is 0 Å². The maximum absolute atomic E-state index is 12.1. The van der Waals surface area contributed by atoms with Crippen LogP contribution in [-0.4, -0.2) is 28.4 Å². The predicted octanol–water partition coefficient (Wildman–Crippen LogP) is 3.54. The second-order valence-corrected chi connectivity index (χ2v) is 6.66. The summed E-state index contributed by atoms with van der Waals surface area (Å²) in [6, 6.07) is 11.0. The van der Waals surface area contributed by atoms with E-state index in [-0.39, 0.29) is 5.71 Å². The summed E-state index contributed by atoms with van der Waals surface area (Å²) in [7, 11) is 0. The summed E-state index contributed by atoms with van der Waals surface area (Å²) >= 11 is 9.03. The molecule has 0 saturated heterocycles. The number of fused-ring (bicyclic) bond motifs is 1. The van der Waals surface area contributed by atoms with Crippen LogP contribution in [0, 0.1) is 0 Å². The fraction of sp³-hybridized carbons (Fsp3) is 0. The highest BCUT2D eigenvalue weighted by Crippen LogP contribution is 2.27. The molecule has 2 aromatic rings. The highest BCUT2D eigenvalue weighted by Gasteiger charge is 2.28. The second kappa shape index (κ2) is 7.23. The lowest BCUT2D eigenvalue weighted by Gasteiger charge is -2.00. The molecule has 6 nitrogen and oxygen atoms in total. The molecule has 2 amide bonds. The van der Waals surface area contributed by atoms with E-state index in [4.69, 9.17) is 11.6 Å². The first kappa shape index (κ1) is 18.0. The van der Waals surface area contributed by atoms with Gasteiger partial charge in [0.25, 0.3) is 5.91 Å². The van der Waals surface area contributed by atoms with E-state index in [1.165, 1.54) is 24.3 Å². The molecular weight excluding hydrogens is 424 g/mol. The molecule has 0 fully saturated rings. The van der Waals surface area contributed by atoms with Crippen LogP contribution >= 0.6 is 27.5 Å². The Hall–Kier alpha value is -2.77. The number of rotatable bonds is 3. The molecule has 0 unspecified atom stereocenters. The van der Waals surface area contributed by atoms with Crippen molar-refractivity contribution in [1.29, 1.82) is 0 Å². The van der Waals surface area contributed by atoms with Gasteiger partial charge >= 0.3 is 5.91 Å². The summed E-state index contributed by atoms with van der Waals surface area (Å²) in [6.07, 6.45) is 0.754. The van der Waals surface area contributed by atoms with Crippen LogP contribution in [0.2, 0.25) is 5.02 Å².